The lowest BCUT2D eigenvalue weighted by molar-refractivity contribution is -0.143. The molecule has 0 rings (SSSR count). The van der Waals surface area contributed by atoms with Crippen molar-refractivity contribution in [3.05, 3.63) is 37.5 Å². The van der Waals surface area contributed by atoms with Crippen LogP contribution in [0.1, 0.15) is 33.1 Å². The summed E-state index contributed by atoms with van der Waals surface area (Å²) >= 11 is 0. The fourth-order valence-corrected chi connectivity index (χ4v) is 1.43. The van der Waals surface area contributed by atoms with E-state index in [1.165, 1.54) is 19.9 Å². The molecular weight excluding hydrogens is 292 g/mol. The number of allylic oxidation sites excluding steroid dienone is 2. The molecule has 0 aromatic heterocycles. The maximum Gasteiger partial charge on any atom is 0.304 e. The van der Waals surface area contributed by atoms with Crippen LogP contribution in [0.15, 0.2) is 37.5 Å². The van der Waals surface area contributed by atoms with E-state index in [1.54, 1.807) is 6.08 Å². The Balaban J connectivity index is 4.72. The molecule has 4 nitrogen and oxygen atoms in total. The van der Waals surface area contributed by atoms with Gasteiger partial charge in [0.25, 0.3) is 0 Å². The first-order valence-corrected chi connectivity index (χ1v) is 7.25. The molecule has 0 fully saturated rings. The SMILES string of the molecule is C=CCCCC=CC(C#CC#CC(C=C)OC(C)=O)OC(C)=O. The Morgan fingerprint density at radius 1 is 1.00 bits per heavy atom. The fraction of sp³-hybridized carbons (Fsp3) is 0.368. The highest BCUT2D eigenvalue weighted by molar-refractivity contribution is 5.67. The third kappa shape index (κ3) is 12.7. The number of ether oxygens (including phenoxy) is 2. The lowest BCUT2D eigenvalue weighted by atomic mass is 10.2. The molecule has 23 heavy (non-hydrogen) atoms. The van der Waals surface area contributed by atoms with Crippen LogP contribution >= 0.6 is 0 Å². The van der Waals surface area contributed by atoms with Gasteiger partial charge in [-0.15, -0.1) is 6.58 Å². The standard InChI is InChI=1S/C19H22O4/c1-5-7-8-9-10-14-19(23-17(4)21)15-12-11-13-18(6-2)22-16(3)20/h5-6,10,14,18-19H,1-2,7-9H2,3-4H3. The van der Waals surface area contributed by atoms with Crippen molar-refractivity contribution in [2.24, 2.45) is 0 Å². The van der Waals surface area contributed by atoms with Gasteiger partial charge in [0, 0.05) is 13.8 Å². The molecule has 0 heterocycles. The Morgan fingerprint density at radius 3 is 2.09 bits per heavy atom. The Labute approximate surface area is 138 Å². The van der Waals surface area contributed by atoms with Crippen molar-refractivity contribution >= 4 is 11.9 Å². The van der Waals surface area contributed by atoms with Crippen LogP contribution < -0.4 is 0 Å². The normalized spacial score (nSPS) is 11.9. The molecule has 0 aliphatic carbocycles. The van der Waals surface area contributed by atoms with Gasteiger partial charge in [0.15, 0.2) is 12.2 Å². The van der Waals surface area contributed by atoms with Crippen molar-refractivity contribution in [3.63, 3.8) is 0 Å². The summed E-state index contributed by atoms with van der Waals surface area (Å²) in [6.07, 6.45) is 8.28. The molecule has 0 amide bonds. The zero-order valence-corrected chi connectivity index (χ0v) is 13.6. The summed E-state index contributed by atoms with van der Waals surface area (Å²) in [7, 11) is 0. The molecule has 0 radical (unpaired) electrons. The Kier molecular flexibility index (Phi) is 11.4. The second kappa shape index (κ2) is 13.0. The van der Waals surface area contributed by atoms with Crippen LogP contribution in [0.4, 0.5) is 0 Å². The van der Waals surface area contributed by atoms with E-state index in [9.17, 15) is 9.59 Å². The van der Waals surface area contributed by atoms with Gasteiger partial charge in [-0.3, -0.25) is 9.59 Å². The third-order valence-corrected chi connectivity index (χ3v) is 2.38. The average Bonchev–Trinajstić information content (AvgIpc) is 2.48. The smallest absolute Gasteiger partial charge is 0.304 e. The van der Waals surface area contributed by atoms with Crippen molar-refractivity contribution < 1.29 is 19.1 Å². The van der Waals surface area contributed by atoms with Gasteiger partial charge in [0.2, 0.25) is 0 Å². The van der Waals surface area contributed by atoms with E-state index in [-0.39, 0.29) is 0 Å². The van der Waals surface area contributed by atoms with E-state index in [1.807, 2.05) is 12.2 Å². The Hall–Kier alpha value is -2.72. The van der Waals surface area contributed by atoms with Crippen molar-refractivity contribution in [2.45, 2.75) is 45.3 Å². The van der Waals surface area contributed by atoms with Crippen LogP contribution in [-0.4, -0.2) is 24.1 Å². The molecule has 0 saturated heterocycles. The predicted octanol–water partition coefficient (Wildman–Crippen LogP) is 2.96. The highest BCUT2D eigenvalue weighted by Gasteiger charge is 2.03. The molecule has 0 bridgehead atoms. The molecule has 0 aromatic carbocycles. The summed E-state index contributed by atoms with van der Waals surface area (Å²) in [5.41, 5.74) is 0. The summed E-state index contributed by atoms with van der Waals surface area (Å²) in [5, 5.41) is 0. The molecule has 0 aliphatic heterocycles. The molecule has 122 valence electrons. The first kappa shape index (κ1) is 20.3. The molecule has 2 unspecified atom stereocenters. The van der Waals surface area contributed by atoms with Gasteiger partial charge >= 0.3 is 11.9 Å². The molecule has 0 aromatic rings. The minimum Gasteiger partial charge on any atom is -0.445 e. The molecular formula is C19H22O4. The van der Waals surface area contributed by atoms with Crippen molar-refractivity contribution in [3.8, 4) is 23.7 Å². The molecule has 0 spiro atoms. The summed E-state index contributed by atoms with van der Waals surface area (Å²) in [6.45, 7) is 9.78. The lowest BCUT2D eigenvalue weighted by Gasteiger charge is -2.05. The van der Waals surface area contributed by atoms with Crippen molar-refractivity contribution in [2.75, 3.05) is 0 Å². The van der Waals surface area contributed by atoms with E-state index in [2.05, 4.69) is 36.8 Å². The van der Waals surface area contributed by atoms with Crippen LogP contribution in [0.2, 0.25) is 0 Å². The zero-order chi connectivity index (χ0) is 17.5. The van der Waals surface area contributed by atoms with Crippen molar-refractivity contribution in [1.82, 2.24) is 0 Å². The Morgan fingerprint density at radius 2 is 1.57 bits per heavy atom. The van der Waals surface area contributed by atoms with Crippen molar-refractivity contribution in [1.29, 1.82) is 0 Å². The largest absolute Gasteiger partial charge is 0.445 e. The van der Waals surface area contributed by atoms with Gasteiger partial charge in [-0.25, -0.2) is 0 Å². The van der Waals surface area contributed by atoms with Gasteiger partial charge in [-0.1, -0.05) is 18.7 Å². The maximum atomic E-state index is 11.1. The summed E-state index contributed by atoms with van der Waals surface area (Å²) in [5.74, 6) is 9.64. The first-order valence-electron chi connectivity index (χ1n) is 7.25. The maximum absolute atomic E-state index is 11.1. The van der Waals surface area contributed by atoms with E-state index in [0.717, 1.165) is 19.3 Å². The van der Waals surface area contributed by atoms with E-state index < -0.39 is 24.1 Å². The predicted molar refractivity (Wildman–Crippen MR) is 90.0 cm³/mol. The quantitative estimate of drug-likeness (QED) is 0.299. The summed E-state index contributed by atoms with van der Waals surface area (Å²) in [4.78, 5) is 21.9. The highest BCUT2D eigenvalue weighted by Crippen LogP contribution is 2.00. The van der Waals surface area contributed by atoms with Crippen LogP contribution in [0.5, 0.6) is 0 Å². The van der Waals surface area contributed by atoms with Gasteiger partial charge in [-0.05, 0) is 55.1 Å². The first-order chi connectivity index (χ1) is 11.0. The Bertz CT molecular complexity index is 564. The minimum absolute atomic E-state index is 0.420. The van der Waals surface area contributed by atoms with Gasteiger partial charge in [-0.2, -0.15) is 0 Å². The number of rotatable bonds is 8. The van der Waals surface area contributed by atoms with Gasteiger partial charge in [0.1, 0.15) is 0 Å². The number of unbranched alkanes of at least 4 members (excludes halogenated alkanes) is 2. The molecule has 4 heteroatoms. The number of carbonyl (C=O) groups excluding carboxylic acids is 2. The zero-order valence-electron chi connectivity index (χ0n) is 13.6. The van der Waals surface area contributed by atoms with Crippen LogP contribution in [-0.2, 0) is 19.1 Å². The van der Waals surface area contributed by atoms with Crippen LogP contribution in [0, 0.1) is 23.7 Å². The topological polar surface area (TPSA) is 52.6 Å². The van der Waals surface area contributed by atoms with Gasteiger partial charge < -0.3 is 9.47 Å². The fourth-order valence-electron chi connectivity index (χ4n) is 1.43. The number of carbonyl (C=O) groups is 2. The number of esters is 2. The second-order valence-electron chi connectivity index (χ2n) is 4.48. The monoisotopic (exact) mass is 314 g/mol. The lowest BCUT2D eigenvalue weighted by Crippen LogP contribution is -2.11. The van der Waals surface area contributed by atoms with E-state index in [4.69, 9.17) is 9.47 Å². The molecule has 2 atom stereocenters. The highest BCUT2D eigenvalue weighted by atomic mass is 16.5. The molecule has 0 saturated carbocycles. The van der Waals surface area contributed by atoms with E-state index in [0.29, 0.717) is 0 Å². The third-order valence-electron chi connectivity index (χ3n) is 2.38. The summed E-state index contributed by atoms with van der Waals surface area (Å²) in [6, 6.07) is 0. The number of hydrogen-bond acceptors (Lipinski definition) is 4. The van der Waals surface area contributed by atoms with E-state index >= 15 is 0 Å². The van der Waals surface area contributed by atoms with Crippen LogP contribution in [0.25, 0.3) is 0 Å². The summed E-state index contributed by atoms with van der Waals surface area (Å²) < 4.78 is 9.93. The minimum atomic E-state index is -0.705. The van der Waals surface area contributed by atoms with Gasteiger partial charge in [0.05, 0.1) is 0 Å². The molecule has 0 aliphatic rings. The number of hydrogen-bond donors (Lipinski definition) is 0. The molecule has 0 N–H and O–H groups in total. The second-order valence-corrected chi connectivity index (χ2v) is 4.48. The van der Waals surface area contributed by atoms with Crippen LogP contribution in [0.3, 0.4) is 0 Å². The average molecular weight is 314 g/mol.